The number of amides is 2. The third-order valence-electron chi connectivity index (χ3n) is 2.24. The van der Waals surface area contributed by atoms with Gasteiger partial charge in [0.25, 0.3) is 0 Å². The van der Waals surface area contributed by atoms with Gasteiger partial charge in [-0.05, 0) is 13.0 Å². The van der Waals surface area contributed by atoms with Crippen LogP contribution in [0.3, 0.4) is 0 Å². The lowest BCUT2D eigenvalue weighted by Crippen LogP contribution is -2.32. The van der Waals surface area contributed by atoms with Gasteiger partial charge in [0.15, 0.2) is 10.8 Å². The van der Waals surface area contributed by atoms with Gasteiger partial charge in [-0.25, -0.2) is 4.79 Å². The van der Waals surface area contributed by atoms with Crippen LogP contribution in [0.1, 0.15) is 6.92 Å². The van der Waals surface area contributed by atoms with Crippen LogP contribution in [0.2, 0.25) is 10.0 Å². The number of hydrogen-bond acceptors (Lipinski definition) is 6. The molecular formula is C11H10Cl2N4O3S. The molecule has 0 saturated heterocycles. The molecule has 0 unspecified atom stereocenters. The Balaban J connectivity index is 2.04. The summed E-state index contributed by atoms with van der Waals surface area (Å²) in [5.41, 5.74) is 0.439. The number of nitrogens with zero attached hydrogens (tertiary/aromatic N) is 3. The summed E-state index contributed by atoms with van der Waals surface area (Å²) in [5, 5.41) is 11.1. The zero-order chi connectivity index (χ0) is 15.4. The van der Waals surface area contributed by atoms with Crippen LogP contribution in [-0.2, 0) is 9.53 Å². The molecule has 0 aromatic carbocycles. The second kappa shape index (κ2) is 6.97. The van der Waals surface area contributed by atoms with Crippen LogP contribution >= 0.6 is 35.0 Å². The molecule has 2 heterocycles. The van der Waals surface area contributed by atoms with E-state index < -0.39 is 12.0 Å². The summed E-state index contributed by atoms with van der Waals surface area (Å²) in [6, 6.07) is 1.55. The molecular weight excluding hydrogens is 339 g/mol. The van der Waals surface area contributed by atoms with Crippen molar-refractivity contribution in [3.63, 3.8) is 0 Å². The topological polar surface area (TPSA) is 85.6 Å². The number of thioether (sulfide) groups is 1. The fourth-order valence-electron chi connectivity index (χ4n) is 1.45. The number of nitrogens with one attached hydrogen (secondary N) is 1. The van der Waals surface area contributed by atoms with Crippen LogP contribution in [-0.4, -0.2) is 39.0 Å². The largest absolute Gasteiger partial charge is 0.450 e. The highest BCUT2D eigenvalue weighted by molar-refractivity contribution is 7.99. The highest BCUT2D eigenvalue weighted by atomic mass is 35.5. The minimum Gasteiger partial charge on any atom is -0.450 e. The fourth-order valence-corrected chi connectivity index (χ4v) is 2.67. The molecule has 2 aromatic rings. The van der Waals surface area contributed by atoms with Crippen molar-refractivity contribution in [1.29, 1.82) is 0 Å². The number of imide groups is 1. The summed E-state index contributed by atoms with van der Waals surface area (Å²) in [4.78, 5) is 22.6. The number of aromatic nitrogens is 3. The molecule has 1 N–H and O–H groups in total. The molecule has 2 amide bonds. The van der Waals surface area contributed by atoms with E-state index >= 15 is 0 Å². The number of halogens is 2. The molecule has 0 fully saturated rings. The molecule has 7 nitrogen and oxygen atoms in total. The van der Waals surface area contributed by atoms with Crippen LogP contribution in [0.4, 0.5) is 4.79 Å². The summed E-state index contributed by atoms with van der Waals surface area (Å²) >= 11 is 13.0. The molecule has 0 saturated carbocycles. The van der Waals surface area contributed by atoms with Gasteiger partial charge in [0.2, 0.25) is 5.91 Å². The first-order valence-corrected chi connectivity index (χ1v) is 7.54. The smallest absolute Gasteiger partial charge is 0.413 e. The average molecular weight is 349 g/mol. The number of alkyl carbamates (subject to hydrolysis) is 1. The van der Waals surface area contributed by atoms with Gasteiger partial charge in [0.1, 0.15) is 0 Å². The van der Waals surface area contributed by atoms with E-state index in [-0.39, 0.29) is 12.4 Å². The van der Waals surface area contributed by atoms with Crippen LogP contribution < -0.4 is 5.32 Å². The van der Waals surface area contributed by atoms with Crippen molar-refractivity contribution in [2.45, 2.75) is 12.1 Å². The Bertz CT molecular complexity index is 691. The Morgan fingerprint density at radius 2 is 2.19 bits per heavy atom. The van der Waals surface area contributed by atoms with Crippen LogP contribution in [0, 0.1) is 0 Å². The summed E-state index contributed by atoms with van der Waals surface area (Å²) in [6.07, 6.45) is 0.814. The maximum absolute atomic E-state index is 11.6. The van der Waals surface area contributed by atoms with E-state index in [2.05, 4.69) is 20.3 Å². The Hall–Kier alpha value is -1.51. The lowest BCUT2D eigenvalue weighted by Gasteiger charge is -2.03. The van der Waals surface area contributed by atoms with E-state index in [9.17, 15) is 9.59 Å². The molecule has 0 aliphatic heterocycles. The molecule has 0 radical (unpaired) electrons. The van der Waals surface area contributed by atoms with Gasteiger partial charge in [-0.1, -0.05) is 35.0 Å². The highest BCUT2D eigenvalue weighted by Gasteiger charge is 2.13. The molecule has 2 aromatic heterocycles. The zero-order valence-corrected chi connectivity index (χ0v) is 13.1. The molecule has 21 heavy (non-hydrogen) atoms. The van der Waals surface area contributed by atoms with Crippen LogP contribution in [0.5, 0.6) is 0 Å². The summed E-state index contributed by atoms with van der Waals surface area (Å²) in [7, 11) is 0. The first-order chi connectivity index (χ1) is 10.0. The SMILES string of the molecule is CCOC(=O)NC(=O)CSc1nnc2c(Cl)cc(Cl)cn12. The number of pyridine rings is 1. The van der Waals surface area contributed by atoms with E-state index in [0.717, 1.165) is 11.8 Å². The van der Waals surface area contributed by atoms with E-state index in [0.29, 0.717) is 20.8 Å². The Labute approximate surface area is 133 Å². The summed E-state index contributed by atoms with van der Waals surface area (Å²) < 4.78 is 6.18. The number of hydrogen-bond donors (Lipinski definition) is 1. The predicted molar refractivity (Wildman–Crippen MR) is 78.9 cm³/mol. The number of rotatable bonds is 4. The van der Waals surface area contributed by atoms with E-state index in [4.69, 9.17) is 23.2 Å². The van der Waals surface area contributed by atoms with E-state index in [1.165, 1.54) is 0 Å². The lowest BCUT2D eigenvalue weighted by atomic mass is 10.5. The molecule has 10 heteroatoms. The Morgan fingerprint density at radius 1 is 1.43 bits per heavy atom. The number of ether oxygens (including phenoxy) is 1. The summed E-state index contributed by atoms with van der Waals surface area (Å²) in [6.45, 7) is 1.84. The molecule has 112 valence electrons. The van der Waals surface area contributed by atoms with Crippen molar-refractivity contribution < 1.29 is 14.3 Å². The minimum absolute atomic E-state index is 0.0241. The molecule has 0 aliphatic carbocycles. The predicted octanol–water partition coefficient (Wildman–Crippen LogP) is 2.40. The molecule has 2 rings (SSSR count). The first-order valence-electron chi connectivity index (χ1n) is 5.80. The van der Waals surface area contributed by atoms with Gasteiger partial charge < -0.3 is 4.74 Å². The Morgan fingerprint density at radius 3 is 2.90 bits per heavy atom. The number of fused-ring (bicyclic) bond motifs is 1. The third kappa shape index (κ3) is 3.99. The van der Waals surface area contributed by atoms with Gasteiger partial charge in [-0.2, -0.15) is 0 Å². The first kappa shape index (κ1) is 15.9. The van der Waals surface area contributed by atoms with Crippen molar-refractivity contribution >= 4 is 52.6 Å². The third-order valence-corrected chi connectivity index (χ3v) is 3.67. The van der Waals surface area contributed by atoms with Crippen molar-refractivity contribution in [2.75, 3.05) is 12.4 Å². The maximum Gasteiger partial charge on any atom is 0.413 e. The second-order valence-corrected chi connectivity index (χ2v) is 5.53. The molecule has 0 aliphatic rings. The van der Waals surface area contributed by atoms with Gasteiger partial charge in [-0.15, -0.1) is 10.2 Å². The van der Waals surface area contributed by atoms with Gasteiger partial charge in [0.05, 0.1) is 22.4 Å². The molecule has 0 bridgehead atoms. The fraction of sp³-hybridized carbons (Fsp3) is 0.273. The van der Waals surface area contributed by atoms with Gasteiger partial charge in [-0.3, -0.25) is 14.5 Å². The molecule has 0 spiro atoms. The second-order valence-electron chi connectivity index (χ2n) is 3.74. The molecule has 0 atom stereocenters. The number of carbonyl (C=O) groups is 2. The monoisotopic (exact) mass is 348 g/mol. The van der Waals surface area contributed by atoms with Crippen molar-refractivity contribution in [3.8, 4) is 0 Å². The number of carbonyl (C=O) groups excluding carboxylic acids is 2. The quantitative estimate of drug-likeness (QED) is 0.853. The van der Waals surface area contributed by atoms with Crippen molar-refractivity contribution in [1.82, 2.24) is 19.9 Å². The van der Waals surface area contributed by atoms with Crippen LogP contribution in [0.25, 0.3) is 5.65 Å². The van der Waals surface area contributed by atoms with Gasteiger partial charge in [0, 0.05) is 6.20 Å². The van der Waals surface area contributed by atoms with E-state index in [1.807, 2.05) is 0 Å². The minimum atomic E-state index is -0.778. The Kier molecular flexibility index (Phi) is 5.27. The van der Waals surface area contributed by atoms with Crippen LogP contribution in [0.15, 0.2) is 17.4 Å². The highest BCUT2D eigenvalue weighted by Crippen LogP contribution is 2.25. The standard InChI is InChI=1S/C11H10Cl2N4O3S/c1-2-20-11(19)14-8(18)5-21-10-16-15-9-7(13)3-6(12)4-17(9)10/h3-4H,2,5H2,1H3,(H,14,18,19). The van der Waals surface area contributed by atoms with E-state index in [1.54, 1.807) is 23.6 Å². The van der Waals surface area contributed by atoms with Crippen molar-refractivity contribution in [3.05, 3.63) is 22.3 Å². The maximum atomic E-state index is 11.6. The summed E-state index contributed by atoms with van der Waals surface area (Å²) in [5.74, 6) is -0.521. The van der Waals surface area contributed by atoms with Crippen molar-refractivity contribution in [2.24, 2.45) is 0 Å². The normalized spacial score (nSPS) is 10.6. The average Bonchev–Trinajstić information content (AvgIpc) is 2.79. The van der Waals surface area contributed by atoms with Gasteiger partial charge >= 0.3 is 6.09 Å². The lowest BCUT2D eigenvalue weighted by molar-refractivity contribution is -0.117. The zero-order valence-electron chi connectivity index (χ0n) is 10.8.